The molecule has 0 radical (unpaired) electrons. The monoisotopic (exact) mass is 326 g/mol. The molecule has 2 heterocycles. The maximum absolute atomic E-state index is 4.15. The highest BCUT2D eigenvalue weighted by Crippen LogP contribution is 2.40. The van der Waals surface area contributed by atoms with Crippen LogP contribution < -0.4 is 0 Å². The Balaban J connectivity index is 1.73. The Bertz CT molecular complexity index is 637. The molecule has 2 unspecified atom stereocenters. The first-order valence-corrected chi connectivity index (χ1v) is 9.33. The molecule has 1 aromatic heterocycles. The van der Waals surface area contributed by atoms with Gasteiger partial charge in [-0.25, -0.2) is 0 Å². The average molecular weight is 326 g/mol. The van der Waals surface area contributed by atoms with Gasteiger partial charge in [0.15, 0.2) is 0 Å². The summed E-state index contributed by atoms with van der Waals surface area (Å²) >= 11 is 0. The second kappa shape index (κ2) is 7.47. The highest BCUT2D eigenvalue weighted by molar-refractivity contribution is 5.59. The van der Waals surface area contributed by atoms with Crippen molar-refractivity contribution < 1.29 is 0 Å². The largest absolute Gasteiger partial charge is 0.303 e. The van der Waals surface area contributed by atoms with E-state index in [-0.39, 0.29) is 5.41 Å². The molecule has 130 valence electrons. The normalized spacial score (nSPS) is 25.0. The third-order valence-corrected chi connectivity index (χ3v) is 5.88. The van der Waals surface area contributed by atoms with Gasteiger partial charge in [0.25, 0.3) is 0 Å². The molecule has 4 heteroatoms. The number of aromatic amines is 1. The number of nitrogens with zero attached hydrogens (tertiary/aromatic N) is 3. The van der Waals surface area contributed by atoms with E-state index in [0.29, 0.717) is 5.92 Å². The lowest BCUT2D eigenvalue weighted by molar-refractivity contribution is 0.110. The fourth-order valence-electron chi connectivity index (χ4n) is 3.91. The summed E-state index contributed by atoms with van der Waals surface area (Å²) in [5.74, 6) is 0.653. The minimum absolute atomic E-state index is 0.237. The molecule has 0 saturated carbocycles. The molecule has 1 aromatic carbocycles. The molecular weight excluding hydrogens is 296 g/mol. The summed E-state index contributed by atoms with van der Waals surface area (Å²) in [7, 11) is 0. The molecule has 1 N–H and O–H groups in total. The molecule has 0 spiro atoms. The van der Waals surface area contributed by atoms with Gasteiger partial charge in [-0.15, -0.1) is 5.10 Å². The molecule has 1 saturated heterocycles. The van der Waals surface area contributed by atoms with Gasteiger partial charge in [0.1, 0.15) is 5.69 Å². The summed E-state index contributed by atoms with van der Waals surface area (Å²) in [6.07, 6.45) is 7.07. The van der Waals surface area contributed by atoms with Crippen molar-refractivity contribution in [3.05, 3.63) is 36.0 Å². The van der Waals surface area contributed by atoms with Crippen LogP contribution in [0.2, 0.25) is 0 Å². The van der Waals surface area contributed by atoms with Crippen LogP contribution in [-0.2, 0) is 5.41 Å². The van der Waals surface area contributed by atoms with Crippen molar-refractivity contribution in [2.24, 2.45) is 5.92 Å². The van der Waals surface area contributed by atoms with Gasteiger partial charge in [0, 0.05) is 18.3 Å². The average Bonchev–Trinajstić information content (AvgIpc) is 3.13. The van der Waals surface area contributed by atoms with E-state index in [1.54, 1.807) is 0 Å². The number of aromatic nitrogens is 3. The Morgan fingerprint density at radius 1 is 1.33 bits per heavy atom. The first-order valence-electron chi connectivity index (χ1n) is 9.33. The van der Waals surface area contributed by atoms with Crippen molar-refractivity contribution in [3.8, 4) is 11.3 Å². The lowest BCUT2D eigenvalue weighted by atomic mass is 9.67. The van der Waals surface area contributed by atoms with Gasteiger partial charge in [-0.1, -0.05) is 57.0 Å². The number of hydrogen-bond acceptors (Lipinski definition) is 3. The van der Waals surface area contributed by atoms with Gasteiger partial charge >= 0.3 is 0 Å². The highest BCUT2D eigenvalue weighted by Gasteiger charge is 2.37. The van der Waals surface area contributed by atoms with Crippen molar-refractivity contribution >= 4 is 0 Å². The Labute approximate surface area is 145 Å². The Kier molecular flexibility index (Phi) is 5.34. The second-order valence-electron chi connectivity index (χ2n) is 7.52. The van der Waals surface area contributed by atoms with E-state index < -0.39 is 0 Å². The third kappa shape index (κ3) is 3.54. The van der Waals surface area contributed by atoms with Gasteiger partial charge < -0.3 is 4.90 Å². The smallest absolute Gasteiger partial charge is 0.112 e. The zero-order valence-corrected chi connectivity index (χ0v) is 15.3. The fraction of sp³-hybridized carbons (Fsp3) is 0.600. The summed E-state index contributed by atoms with van der Waals surface area (Å²) in [4.78, 5) is 2.66. The van der Waals surface area contributed by atoms with E-state index in [1.165, 1.54) is 50.9 Å². The van der Waals surface area contributed by atoms with E-state index in [0.717, 1.165) is 11.3 Å². The van der Waals surface area contributed by atoms with Crippen molar-refractivity contribution in [2.75, 3.05) is 19.6 Å². The molecule has 1 fully saturated rings. The van der Waals surface area contributed by atoms with E-state index in [4.69, 9.17) is 0 Å². The number of nitrogens with one attached hydrogen (secondary N) is 1. The standard InChI is InChI=1S/C20H30N4/c1-4-5-6-11-24-12-10-20(3,16(2)15-24)18-9-7-8-17(13-18)19-14-21-23-22-19/h7-9,13-14,16H,4-6,10-12,15H2,1-3H3,(H,21,22,23). The maximum Gasteiger partial charge on any atom is 0.112 e. The topological polar surface area (TPSA) is 44.8 Å². The predicted molar refractivity (Wildman–Crippen MR) is 98.9 cm³/mol. The van der Waals surface area contributed by atoms with E-state index >= 15 is 0 Å². The van der Waals surface area contributed by atoms with Crippen molar-refractivity contribution in [3.63, 3.8) is 0 Å². The molecule has 3 rings (SSSR count). The fourth-order valence-corrected chi connectivity index (χ4v) is 3.91. The Morgan fingerprint density at radius 3 is 2.92 bits per heavy atom. The van der Waals surface area contributed by atoms with Crippen LogP contribution in [0.5, 0.6) is 0 Å². The van der Waals surface area contributed by atoms with Gasteiger partial charge in [0.2, 0.25) is 0 Å². The minimum Gasteiger partial charge on any atom is -0.303 e. The van der Waals surface area contributed by atoms with E-state index in [2.05, 4.69) is 65.3 Å². The first-order chi connectivity index (χ1) is 11.6. The van der Waals surface area contributed by atoms with Crippen LogP contribution in [0.15, 0.2) is 30.5 Å². The maximum atomic E-state index is 4.15. The zero-order chi connectivity index (χ0) is 17.0. The number of hydrogen-bond donors (Lipinski definition) is 1. The summed E-state index contributed by atoms with van der Waals surface area (Å²) in [6, 6.07) is 8.87. The quantitative estimate of drug-likeness (QED) is 0.807. The second-order valence-corrected chi connectivity index (χ2v) is 7.52. The number of H-pyrrole nitrogens is 1. The van der Waals surface area contributed by atoms with Gasteiger partial charge in [-0.3, -0.25) is 5.10 Å². The van der Waals surface area contributed by atoms with Crippen LogP contribution in [0.1, 0.15) is 52.0 Å². The summed E-state index contributed by atoms with van der Waals surface area (Å²) in [5, 5.41) is 10.8. The third-order valence-electron chi connectivity index (χ3n) is 5.88. The van der Waals surface area contributed by atoms with Gasteiger partial charge in [-0.2, -0.15) is 0 Å². The van der Waals surface area contributed by atoms with E-state index in [9.17, 15) is 0 Å². The lowest BCUT2D eigenvalue weighted by Gasteiger charge is -2.45. The first kappa shape index (κ1) is 17.2. The molecule has 2 atom stereocenters. The summed E-state index contributed by atoms with van der Waals surface area (Å²) < 4.78 is 0. The minimum atomic E-state index is 0.237. The van der Waals surface area contributed by atoms with Gasteiger partial charge in [0.05, 0.1) is 0 Å². The molecule has 2 aromatic rings. The molecule has 1 aliphatic rings. The van der Waals surface area contributed by atoms with Crippen molar-refractivity contribution in [2.45, 2.75) is 51.9 Å². The molecular formula is C20H30N4. The number of unbranched alkanes of at least 4 members (excludes halogenated alkanes) is 2. The molecule has 0 bridgehead atoms. The van der Waals surface area contributed by atoms with Crippen LogP contribution in [0, 0.1) is 5.92 Å². The summed E-state index contributed by atoms with van der Waals surface area (Å²) in [5.41, 5.74) is 3.75. The highest BCUT2D eigenvalue weighted by atomic mass is 15.3. The van der Waals surface area contributed by atoms with Crippen LogP contribution in [0.4, 0.5) is 0 Å². The predicted octanol–water partition coefficient (Wildman–Crippen LogP) is 4.26. The molecule has 0 amide bonds. The number of benzene rings is 1. The molecule has 4 nitrogen and oxygen atoms in total. The van der Waals surface area contributed by atoms with Crippen LogP contribution in [0.3, 0.4) is 0 Å². The van der Waals surface area contributed by atoms with Gasteiger partial charge in [-0.05, 0) is 48.9 Å². The zero-order valence-electron chi connectivity index (χ0n) is 15.3. The van der Waals surface area contributed by atoms with E-state index in [1.807, 2.05) is 6.20 Å². The number of likely N-dealkylation sites (tertiary alicyclic amines) is 1. The summed E-state index contributed by atoms with van der Waals surface area (Å²) in [6.45, 7) is 10.8. The van der Waals surface area contributed by atoms with Crippen LogP contribution in [0.25, 0.3) is 11.3 Å². The van der Waals surface area contributed by atoms with Crippen molar-refractivity contribution in [1.82, 2.24) is 20.3 Å². The lowest BCUT2D eigenvalue weighted by Crippen LogP contribution is -2.47. The number of rotatable bonds is 6. The Morgan fingerprint density at radius 2 is 2.21 bits per heavy atom. The molecule has 24 heavy (non-hydrogen) atoms. The van der Waals surface area contributed by atoms with Crippen LogP contribution >= 0.6 is 0 Å². The molecule has 0 aliphatic carbocycles. The van der Waals surface area contributed by atoms with Crippen molar-refractivity contribution in [1.29, 1.82) is 0 Å². The Hall–Kier alpha value is -1.68. The number of piperidine rings is 1. The molecule has 1 aliphatic heterocycles. The SMILES string of the molecule is CCCCCN1CCC(C)(c2cccc(-c3c[nH]nn3)c2)C(C)C1. The van der Waals surface area contributed by atoms with Crippen LogP contribution in [-0.4, -0.2) is 39.9 Å².